The SMILES string of the molecule is CNCC(=O)N(C)Cc1c(F)cccc1Cl.Cl. The minimum Gasteiger partial charge on any atom is -0.340 e. The first-order valence-electron chi connectivity index (χ1n) is 4.87. The molecule has 1 rings (SSSR count). The number of benzene rings is 1. The van der Waals surface area contributed by atoms with Crippen molar-refractivity contribution in [1.82, 2.24) is 10.2 Å². The number of hydrogen-bond donors (Lipinski definition) is 1. The Bertz CT molecular complexity index is 367. The molecular weight excluding hydrogens is 266 g/mol. The van der Waals surface area contributed by atoms with E-state index in [-0.39, 0.29) is 31.4 Å². The zero-order valence-corrected chi connectivity index (χ0v) is 11.2. The summed E-state index contributed by atoms with van der Waals surface area (Å²) < 4.78 is 13.4. The number of carbonyl (C=O) groups is 1. The summed E-state index contributed by atoms with van der Waals surface area (Å²) in [4.78, 5) is 12.9. The quantitative estimate of drug-likeness (QED) is 0.916. The molecule has 0 aromatic heterocycles. The van der Waals surface area contributed by atoms with E-state index in [9.17, 15) is 9.18 Å². The lowest BCUT2D eigenvalue weighted by molar-refractivity contribution is -0.129. The van der Waals surface area contributed by atoms with Crippen LogP contribution in [0.15, 0.2) is 18.2 Å². The monoisotopic (exact) mass is 280 g/mol. The lowest BCUT2D eigenvalue weighted by Crippen LogP contribution is -2.34. The number of rotatable bonds is 4. The average Bonchev–Trinajstić information content (AvgIpc) is 2.23. The molecule has 0 fully saturated rings. The highest BCUT2D eigenvalue weighted by Crippen LogP contribution is 2.20. The van der Waals surface area contributed by atoms with Gasteiger partial charge in [-0.05, 0) is 19.2 Å². The van der Waals surface area contributed by atoms with Crippen LogP contribution in [0.1, 0.15) is 5.56 Å². The summed E-state index contributed by atoms with van der Waals surface area (Å²) in [6.45, 7) is 0.397. The molecule has 0 bridgehead atoms. The summed E-state index contributed by atoms with van der Waals surface area (Å²) >= 11 is 5.86. The van der Waals surface area contributed by atoms with Gasteiger partial charge in [0.15, 0.2) is 0 Å². The first-order chi connectivity index (χ1) is 7.56. The first kappa shape index (κ1) is 16.2. The molecule has 0 aliphatic rings. The molecule has 96 valence electrons. The third-order valence-corrected chi connectivity index (χ3v) is 2.56. The minimum atomic E-state index is -0.392. The van der Waals surface area contributed by atoms with E-state index in [2.05, 4.69) is 5.32 Å². The van der Waals surface area contributed by atoms with Crippen LogP contribution in [0.3, 0.4) is 0 Å². The zero-order valence-electron chi connectivity index (χ0n) is 9.67. The van der Waals surface area contributed by atoms with E-state index in [0.29, 0.717) is 10.6 Å². The van der Waals surface area contributed by atoms with E-state index in [1.807, 2.05) is 0 Å². The predicted molar refractivity (Wildman–Crippen MR) is 69.1 cm³/mol. The second-order valence-electron chi connectivity index (χ2n) is 3.48. The Morgan fingerprint density at radius 1 is 1.53 bits per heavy atom. The van der Waals surface area contributed by atoms with Crippen LogP contribution in [-0.4, -0.2) is 31.4 Å². The van der Waals surface area contributed by atoms with E-state index in [4.69, 9.17) is 11.6 Å². The minimum absolute atomic E-state index is 0. The van der Waals surface area contributed by atoms with E-state index >= 15 is 0 Å². The highest BCUT2D eigenvalue weighted by molar-refractivity contribution is 6.31. The van der Waals surface area contributed by atoms with Gasteiger partial charge in [-0.2, -0.15) is 0 Å². The first-order valence-corrected chi connectivity index (χ1v) is 5.25. The molecule has 0 heterocycles. The maximum Gasteiger partial charge on any atom is 0.236 e. The molecule has 1 aromatic rings. The van der Waals surface area contributed by atoms with Gasteiger partial charge in [0.25, 0.3) is 0 Å². The van der Waals surface area contributed by atoms with Gasteiger partial charge in [-0.25, -0.2) is 4.39 Å². The third-order valence-electron chi connectivity index (χ3n) is 2.21. The van der Waals surface area contributed by atoms with Crippen molar-refractivity contribution in [2.24, 2.45) is 0 Å². The Balaban J connectivity index is 0.00000256. The highest BCUT2D eigenvalue weighted by atomic mass is 35.5. The van der Waals surface area contributed by atoms with E-state index in [1.165, 1.54) is 17.0 Å². The van der Waals surface area contributed by atoms with Crippen LogP contribution in [-0.2, 0) is 11.3 Å². The van der Waals surface area contributed by atoms with Gasteiger partial charge < -0.3 is 10.2 Å². The number of hydrogen-bond acceptors (Lipinski definition) is 2. The lowest BCUT2D eigenvalue weighted by Gasteiger charge is -2.18. The molecule has 0 radical (unpaired) electrons. The molecule has 0 saturated carbocycles. The molecule has 1 N–H and O–H groups in total. The fraction of sp³-hybridized carbons (Fsp3) is 0.364. The van der Waals surface area contributed by atoms with Crippen LogP contribution in [0.25, 0.3) is 0 Å². The summed E-state index contributed by atoms with van der Waals surface area (Å²) in [5.41, 5.74) is 0.344. The second-order valence-corrected chi connectivity index (χ2v) is 3.89. The van der Waals surface area contributed by atoms with Crippen molar-refractivity contribution in [2.75, 3.05) is 20.6 Å². The molecule has 6 heteroatoms. The number of nitrogens with zero attached hydrogens (tertiary/aromatic N) is 1. The fourth-order valence-electron chi connectivity index (χ4n) is 1.29. The smallest absolute Gasteiger partial charge is 0.236 e. The maximum atomic E-state index is 13.4. The summed E-state index contributed by atoms with van der Waals surface area (Å²) in [5, 5.41) is 3.08. The summed E-state index contributed by atoms with van der Waals surface area (Å²) in [7, 11) is 3.30. The molecule has 0 saturated heterocycles. The van der Waals surface area contributed by atoms with Crippen molar-refractivity contribution in [3.63, 3.8) is 0 Å². The van der Waals surface area contributed by atoms with E-state index in [1.54, 1.807) is 20.2 Å². The summed E-state index contributed by atoms with van der Waals surface area (Å²) in [6, 6.07) is 4.48. The summed E-state index contributed by atoms with van der Waals surface area (Å²) in [6.07, 6.45) is 0. The Kier molecular flexibility index (Phi) is 7.11. The molecule has 0 aliphatic heterocycles. The molecular formula is C11H15Cl2FN2O. The Morgan fingerprint density at radius 2 is 2.18 bits per heavy atom. The van der Waals surface area contributed by atoms with Gasteiger partial charge in [0, 0.05) is 24.2 Å². The largest absolute Gasteiger partial charge is 0.340 e. The van der Waals surface area contributed by atoms with Crippen molar-refractivity contribution in [1.29, 1.82) is 0 Å². The number of nitrogens with one attached hydrogen (secondary N) is 1. The van der Waals surface area contributed by atoms with Crippen molar-refractivity contribution < 1.29 is 9.18 Å². The van der Waals surface area contributed by atoms with Crippen LogP contribution >= 0.6 is 24.0 Å². The standard InChI is InChI=1S/C11H14ClFN2O.ClH/c1-14-6-11(16)15(2)7-8-9(12)4-3-5-10(8)13;/h3-5,14H,6-7H2,1-2H3;1H. The molecule has 1 aromatic carbocycles. The number of amides is 1. The normalized spacial score (nSPS) is 9.65. The van der Waals surface area contributed by atoms with Gasteiger partial charge in [0.2, 0.25) is 5.91 Å². The van der Waals surface area contributed by atoms with Crippen LogP contribution in [0.4, 0.5) is 4.39 Å². The van der Waals surface area contributed by atoms with Crippen molar-refractivity contribution in [2.45, 2.75) is 6.54 Å². The second kappa shape index (κ2) is 7.48. The predicted octanol–water partition coefficient (Wildman–Crippen LogP) is 2.08. The molecule has 0 atom stereocenters. The number of carbonyl (C=O) groups excluding carboxylic acids is 1. The maximum absolute atomic E-state index is 13.4. The molecule has 0 aliphatic carbocycles. The fourth-order valence-corrected chi connectivity index (χ4v) is 1.52. The van der Waals surface area contributed by atoms with Gasteiger partial charge in [-0.3, -0.25) is 4.79 Å². The molecule has 3 nitrogen and oxygen atoms in total. The Morgan fingerprint density at radius 3 is 2.71 bits per heavy atom. The molecule has 17 heavy (non-hydrogen) atoms. The van der Waals surface area contributed by atoms with E-state index in [0.717, 1.165) is 0 Å². The highest BCUT2D eigenvalue weighted by Gasteiger charge is 2.13. The van der Waals surface area contributed by atoms with Crippen LogP contribution in [0, 0.1) is 5.82 Å². The van der Waals surface area contributed by atoms with Gasteiger partial charge in [0.05, 0.1) is 6.54 Å². The Hall–Kier alpha value is -0.840. The van der Waals surface area contributed by atoms with Crippen molar-refractivity contribution in [3.8, 4) is 0 Å². The van der Waals surface area contributed by atoms with Crippen LogP contribution in [0.5, 0.6) is 0 Å². The number of halogens is 3. The zero-order chi connectivity index (χ0) is 12.1. The van der Waals surface area contributed by atoms with Crippen molar-refractivity contribution >= 4 is 29.9 Å². The topological polar surface area (TPSA) is 32.3 Å². The number of likely N-dealkylation sites (N-methyl/N-ethyl adjacent to an activating group) is 2. The van der Waals surface area contributed by atoms with Gasteiger partial charge in [-0.15, -0.1) is 12.4 Å². The third kappa shape index (κ3) is 4.50. The summed E-state index contributed by atoms with van der Waals surface area (Å²) in [5.74, 6) is -0.501. The molecule has 0 unspecified atom stereocenters. The van der Waals surface area contributed by atoms with Crippen LogP contribution < -0.4 is 5.32 Å². The van der Waals surface area contributed by atoms with Crippen LogP contribution in [0.2, 0.25) is 5.02 Å². The lowest BCUT2D eigenvalue weighted by atomic mass is 10.2. The van der Waals surface area contributed by atoms with Gasteiger partial charge in [-0.1, -0.05) is 17.7 Å². The molecule has 0 spiro atoms. The van der Waals surface area contributed by atoms with E-state index < -0.39 is 5.82 Å². The van der Waals surface area contributed by atoms with Crippen molar-refractivity contribution in [3.05, 3.63) is 34.6 Å². The Labute approximate surface area is 111 Å². The average molecular weight is 281 g/mol. The van der Waals surface area contributed by atoms with Gasteiger partial charge >= 0.3 is 0 Å². The van der Waals surface area contributed by atoms with Gasteiger partial charge in [0.1, 0.15) is 5.82 Å². The molecule has 1 amide bonds.